The van der Waals surface area contributed by atoms with E-state index in [1.54, 1.807) is 18.7 Å². The average molecular weight is 108 g/mol. The lowest BCUT2D eigenvalue weighted by Crippen LogP contribution is -1.58. The third-order valence-corrected chi connectivity index (χ3v) is 1.08. The highest BCUT2D eigenvalue weighted by Gasteiger charge is 1.92. The Hall–Kier alpha value is -1.25. The van der Waals surface area contributed by atoms with Gasteiger partial charge >= 0.3 is 0 Å². The fourth-order valence-electron chi connectivity index (χ4n) is 0.669. The van der Waals surface area contributed by atoms with E-state index in [4.69, 9.17) is 4.42 Å². The van der Waals surface area contributed by atoms with Crippen molar-refractivity contribution in [3.63, 3.8) is 0 Å². The molecule has 0 aliphatic heterocycles. The number of aromatic amines is 1. The van der Waals surface area contributed by atoms with Gasteiger partial charge in [0.15, 0.2) is 0 Å². The summed E-state index contributed by atoms with van der Waals surface area (Å²) in [6.45, 7) is 0. The Balaban J connectivity index is 3.06. The van der Waals surface area contributed by atoms with E-state index in [-0.39, 0.29) is 0 Å². The molecular weight excluding hydrogens is 104 g/mol. The van der Waals surface area contributed by atoms with Crippen LogP contribution in [0, 0.1) is 0 Å². The van der Waals surface area contributed by atoms with Crippen molar-refractivity contribution >= 4 is 10.9 Å². The fourth-order valence-corrected chi connectivity index (χ4v) is 0.669. The first-order valence-corrected chi connectivity index (χ1v) is 2.32. The minimum atomic E-state index is 0.949. The summed E-state index contributed by atoms with van der Waals surface area (Å²) in [6.07, 6.45) is 5.00. The summed E-state index contributed by atoms with van der Waals surface area (Å²) >= 11 is 0. The normalized spacial score (nSPS) is 10.5. The van der Waals surface area contributed by atoms with Gasteiger partial charge in [-0.15, -0.1) is 0 Å². The number of nitrogens with one attached hydrogen (secondary N) is 1. The molecule has 0 unspecified atom stereocenters. The molecular formula is C5H4N2O. The Morgan fingerprint density at radius 3 is 3.38 bits per heavy atom. The number of fused-ring (bicyclic) bond motifs is 1. The van der Waals surface area contributed by atoms with E-state index in [0.29, 0.717) is 0 Å². The monoisotopic (exact) mass is 108 g/mol. The van der Waals surface area contributed by atoms with Crippen molar-refractivity contribution in [3.8, 4) is 0 Å². The maximum atomic E-state index is 4.83. The summed E-state index contributed by atoms with van der Waals surface area (Å²) in [5.74, 6) is 0. The highest BCUT2D eigenvalue weighted by atomic mass is 16.3. The van der Waals surface area contributed by atoms with Crippen molar-refractivity contribution in [2.45, 2.75) is 0 Å². The number of aromatic nitrogens is 2. The zero-order chi connectivity index (χ0) is 5.40. The van der Waals surface area contributed by atoms with E-state index in [1.807, 2.05) is 0 Å². The molecule has 2 aromatic heterocycles. The Kier molecular flexibility index (Phi) is 0.521. The number of nitrogens with zero attached hydrogens (tertiary/aromatic N) is 1. The predicted molar refractivity (Wildman–Crippen MR) is 28.4 cm³/mol. The third-order valence-electron chi connectivity index (χ3n) is 1.08. The molecule has 2 rings (SSSR count). The lowest BCUT2D eigenvalue weighted by Gasteiger charge is -1.62. The van der Waals surface area contributed by atoms with Crippen LogP contribution in [0.15, 0.2) is 23.1 Å². The molecule has 0 spiro atoms. The summed E-state index contributed by atoms with van der Waals surface area (Å²) in [6, 6.07) is 0. The molecule has 1 N–H and O–H groups in total. The zero-order valence-corrected chi connectivity index (χ0v) is 4.09. The van der Waals surface area contributed by atoms with E-state index in [2.05, 4.69) is 10.2 Å². The quantitative estimate of drug-likeness (QED) is 0.550. The van der Waals surface area contributed by atoms with E-state index < -0.39 is 0 Å². The van der Waals surface area contributed by atoms with Gasteiger partial charge in [0.25, 0.3) is 0 Å². The van der Waals surface area contributed by atoms with E-state index in [9.17, 15) is 0 Å². The van der Waals surface area contributed by atoms with Gasteiger partial charge in [-0.2, -0.15) is 5.10 Å². The maximum Gasteiger partial charge on any atom is 0.116 e. The zero-order valence-electron chi connectivity index (χ0n) is 4.09. The van der Waals surface area contributed by atoms with E-state index in [1.165, 1.54) is 0 Å². The van der Waals surface area contributed by atoms with Crippen molar-refractivity contribution in [2.24, 2.45) is 0 Å². The van der Waals surface area contributed by atoms with Crippen LogP contribution in [0.5, 0.6) is 0 Å². The Morgan fingerprint density at radius 2 is 2.50 bits per heavy atom. The van der Waals surface area contributed by atoms with Crippen LogP contribution in [0.4, 0.5) is 0 Å². The van der Waals surface area contributed by atoms with Crippen LogP contribution in [-0.4, -0.2) is 10.2 Å². The van der Waals surface area contributed by atoms with Gasteiger partial charge in [0.1, 0.15) is 18.0 Å². The standard InChI is InChI=1S/C5H4N2O/c1-4-2-8-3-5(4)7-6-1/h1-3,7H. The largest absolute Gasteiger partial charge is 0.470 e. The molecule has 0 aliphatic carbocycles. The molecule has 40 valence electrons. The lowest BCUT2D eigenvalue weighted by atomic mass is 10.4. The number of H-pyrrole nitrogens is 1. The van der Waals surface area contributed by atoms with Gasteiger partial charge in [-0.3, -0.25) is 5.10 Å². The molecule has 3 nitrogen and oxygen atoms in total. The van der Waals surface area contributed by atoms with Crippen LogP contribution in [0.3, 0.4) is 0 Å². The Morgan fingerprint density at radius 1 is 1.50 bits per heavy atom. The van der Waals surface area contributed by atoms with Gasteiger partial charge in [0.2, 0.25) is 0 Å². The minimum absolute atomic E-state index is 0.949. The molecule has 2 aromatic rings. The molecule has 0 fully saturated rings. The van der Waals surface area contributed by atoms with Crippen molar-refractivity contribution in [3.05, 3.63) is 18.7 Å². The molecule has 0 amide bonds. The number of furan rings is 1. The second-order valence-corrected chi connectivity index (χ2v) is 1.61. The first kappa shape index (κ1) is 3.72. The molecule has 3 heteroatoms. The van der Waals surface area contributed by atoms with Crippen LogP contribution < -0.4 is 0 Å². The molecule has 0 saturated carbocycles. The van der Waals surface area contributed by atoms with Crippen LogP contribution in [0.1, 0.15) is 0 Å². The van der Waals surface area contributed by atoms with Crippen LogP contribution >= 0.6 is 0 Å². The second-order valence-electron chi connectivity index (χ2n) is 1.61. The summed E-state index contributed by atoms with van der Waals surface area (Å²) in [5, 5.41) is 7.55. The summed E-state index contributed by atoms with van der Waals surface area (Å²) in [4.78, 5) is 0. The molecule has 8 heavy (non-hydrogen) atoms. The number of hydrogen-bond donors (Lipinski definition) is 1. The fraction of sp³-hybridized carbons (Fsp3) is 0. The number of hydrogen-bond acceptors (Lipinski definition) is 2. The van der Waals surface area contributed by atoms with Crippen molar-refractivity contribution < 1.29 is 4.42 Å². The average Bonchev–Trinajstić information content (AvgIpc) is 2.15. The smallest absolute Gasteiger partial charge is 0.116 e. The highest BCUT2D eigenvalue weighted by molar-refractivity contribution is 5.75. The molecule has 0 saturated heterocycles. The predicted octanol–water partition coefficient (Wildman–Crippen LogP) is 1.16. The Labute approximate surface area is 45.3 Å². The van der Waals surface area contributed by atoms with Crippen LogP contribution in [-0.2, 0) is 0 Å². The summed E-state index contributed by atoms with van der Waals surface area (Å²) < 4.78 is 4.83. The van der Waals surface area contributed by atoms with E-state index in [0.717, 1.165) is 10.9 Å². The van der Waals surface area contributed by atoms with Gasteiger partial charge in [-0.1, -0.05) is 0 Å². The number of rotatable bonds is 0. The molecule has 0 bridgehead atoms. The van der Waals surface area contributed by atoms with Crippen LogP contribution in [0.2, 0.25) is 0 Å². The molecule has 2 heterocycles. The van der Waals surface area contributed by atoms with Crippen molar-refractivity contribution in [2.75, 3.05) is 0 Å². The maximum absolute atomic E-state index is 4.83. The minimum Gasteiger partial charge on any atom is -0.470 e. The van der Waals surface area contributed by atoms with E-state index >= 15 is 0 Å². The van der Waals surface area contributed by atoms with Gasteiger partial charge in [0, 0.05) is 0 Å². The van der Waals surface area contributed by atoms with Gasteiger partial charge in [-0.25, -0.2) is 0 Å². The molecule has 0 atom stereocenters. The topological polar surface area (TPSA) is 41.8 Å². The molecule has 0 radical (unpaired) electrons. The third kappa shape index (κ3) is 0.307. The van der Waals surface area contributed by atoms with Gasteiger partial charge in [-0.05, 0) is 0 Å². The SMILES string of the molecule is c1n[nH]c2cocc12. The molecule has 0 aromatic carbocycles. The van der Waals surface area contributed by atoms with Crippen LogP contribution in [0.25, 0.3) is 10.9 Å². The molecule has 0 aliphatic rings. The van der Waals surface area contributed by atoms with Gasteiger partial charge in [0.05, 0.1) is 11.6 Å². The second kappa shape index (κ2) is 1.12. The van der Waals surface area contributed by atoms with Crippen molar-refractivity contribution in [1.29, 1.82) is 0 Å². The lowest BCUT2D eigenvalue weighted by molar-refractivity contribution is 0.570. The van der Waals surface area contributed by atoms with Gasteiger partial charge < -0.3 is 4.42 Å². The Bertz CT molecular complexity index is 232. The van der Waals surface area contributed by atoms with Crippen molar-refractivity contribution in [1.82, 2.24) is 10.2 Å². The first-order chi connectivity index (χ1) is 3.97. The highest BCUT2D eigenvalue weighted by Crippen LogP contribution is 2.08. The summed E-state index contributed by atoms with van der Waals surface area (Å²) in [5.41, 5.74) is 0.949. The first-order valence-electron chi connectivity index (χ1n) is 2.32. The summed E-state index contributed by atoms with van der Waals surface area (Å²) in [7, 11) is 0.